The summed E-state index contributed by atoms with van der Waals surface area (Å²) in [6, 6.07) is 8.34. The number of fused-ring (bicyclic) bond motifs is 3. The maximum absolute atomic E-state index is 12.7. The molecular weight excluding hydrogens is 374 g/mol. The first-order chi connectivity index (χ1) is 12.1. The summed E-state index contributed by atoms with van der Waals surface area (Å²) in [6.45, 7) is 4.58. The van der Waals surface area contributed by atoms with Gasteiger partial charge in [0.1, 0.15) is 5.15 Å². The Morgan fingerprint density at radius 2 is 2.12 bits per heavy atom. The van der Waals surface area contributed by atoms with Gasteiger partial charge in [0.15, 0.2) is 0 Å². The predicted octanol–water partition coefficient (Wildman–Crippen LogP) is 4.16. The fourth-order valence-corrected chi connectivity index (χ4v) is 5.89. The van der Waals surface area contributed by atoms with Crippen molar-refractivity contribution in [2.24, 2.45) is 5.92 Å². The van der Waals surface area contributed by atoms with E-state index in [9.17, 15) is 4.79 Å². The van der Waals surface area contributed by atoms with E-state index in [0.29, 0.717) is 17.1 Å². The van der Waals surface area contributed by atoms with E-state index in [-0.39, 0.29) is 11.9 Å². The molecule has 2 aromatic rings. The highest BCUT2D eigenvalue weighted by molar-refractivity contribution is 8.01. The third-order valence-electron chi connectivity index (χ3n) is 5.20. The second-order valence-electron chi connectivity index (χ2n) is 6.65. The predicted molar refractivity (Wildman–Crippen MR) is 103 cm³/mol. The van der Waals surface area contributed by atoms with Crippen molar-refractivity contribution in [3.63, 3.8) is 0 Å². The summed E-state index contributed by atoms with van der Waals surface area (Å²) >= 11 is 8.95. The average molecular weight is 394 g/mol. The van der Waals surface area contributed by atoms with E-state index in [1.165, 1.54) is 37.3 Å². The molecule has 0 radical (unpaired) electrons. The SMILES string of the molecule is C[C@H]1[C@H](NC(=O)c2ccc(Sc3ccc(Cl)nc3)s2)C2CCN1CC2. The maximum atomic E-state index is 12.7. The van der Waals surface area contributed by atoms with E-state index >= 15 is 0 Å². The Morgan fingerprint density at radius 1 is 1.32 bits per heavy atom. The third kappa shape index (κ3) is 3.72. The van der Waals surface area contributed by atoms with Crippen LogP contribution in [0, 0.1) is 5.92 Å². The van der Waals surface area contributed by atoms with Crippen molar-refractivity contribution in [1.82, 2.24) is 15.2 Å². The molecule has 3 fully saturated rings. The molecule has 132 valence electrons. The number of halogens is 1. The monoisotopic (exact) mass is 393 g/mol. The number of thiophene rings is 1. The van der Waals surface area contributed by atoms with Crippen LogP contribution < -0.4 is 5.32 Å². The van der Waals surface area contributed by atoms with E-state index in [0.717, 1.165) is 14.0 Å². The van der Waals surface area contributed by atoms with E-state index in [1.807, 2.05) is 18.2 Å². The van der Waals surface area contributed by atoms with Crippen molar-refractivity contribution in [3.05, 3.63) is 40.5 Å². The minimum Gasteiger partial charge on any atom is -0.347 e. The fraction of sp³-hybridized carbons (Fsp3) is 0.444. The van der Waals surface area contributed by atoms with Crippen LogP contribution in [0.4, 0.5) is 0 Å². The zero-order chi connectivity index (χ0) is 17.4. The van der Waals surface area contributed by atoms with E-state index in [2.05, 4.69) is 22.1 Å². The molecule has 5 rings (SSSR count). The summed E-state index contributed by atoms with van der Waals surface area (Å²) in [5.41, 5.74) is 0. The molecule has 3 aliphatic heterocycles. The molecule has 1 amide bonds. The molecule has 7 heteroatoms. The van der Waals surface area contributed by atoms with Crippen molar-refractivity contribution in [3.8, 4) is 0 Å². The van der Waals surface area contributed by atoms with Crippen LogP contribution in [0.15, 0.2) is 39.6 Å². The summed E-state index contributed by atoms with van der Waals surface area (Å²) in [5, 5.41) is 3.78. The van der Waals surface area contributed by atoms with Crippen molar-refractivity contribution >= 4 is 40.6 Å². The highest BCUT2D eigenvalue weighted by Crippen LogP contribution is 2.35. The molecule has 0 aromatic carbocycles. The van der Waals surface area contributed by atoms with Gasteiger partial charge in [-0.2, -0.15) is 0 Å². The number of carbonyl (C=O) groups excluding carboxylic acids is 1. The highest BCUT2D eigenvalue weighted by Gasteiger charge is 2.40. The lowest BCUT2D eigenvalue weighted by atomic mass is 9.79. The van der Waals surface area contributed by atoms with Crippen molar-refractivity contribution in [2.45, 2.75) is 41.0 Å². The molecule has 3 aliphatic rings. The van der Waals surface area contributed by atoms with E-state index < -0.39 is 0 Å². The molecule has 0 saturated carbocycles. The summed E-state index contributed by atoms with van der Waals surface area (Å²) in [5.74, 6) is 0.676. The number of aromatic nitrogens is 1. The molecule has 2 atom stereocenters. The maximum Gasteiger partial charge on any atom is 0.261 e. The number of piperidine rings is 3. The van der Waals surface area contributed by atoms with Crippen LogP contribution in [-0.4, -0.2) is 41.0 Å². The first-order valence-electron chi connectivity index (χ1n) is 8.54. The first kappa shape index (κ1) is 17.3. The van der Waals surface area contributed by atoms with Gasteiger partial charge in [-0.15, -0.1) is 11.3 Å². The summed E-state index contributed by atoms with van der Waals surface area (Å²) in [6.07, 6.45) is 4.15. The van der Waals surface area contributed by atoms with Gasteiger partial charge in [-0.25, -0.2) is 4.98 Å². The Labute approximate surface area is 161 Å². The minimum absolute atomic E-state index is 0.0525. The summed E-state index contributed by atoms with van der Waals surface area (Å²) in [4.78, 5) is 21.1. The van der Waals surface area contributed by atoms with Crippen molar-refractivity contribution < 1.29 is 4.79 Å². The van der Waals surface area contributed by atoms with Gasteiger partial charge in [-0.3, -0.25) is 9.69 Å². The Bertz CT molecular complexity index is 754. The van der Waals surface area contributed by atoms with Gasteiger partial charge in [0.05, 0.1) is 9.09 Å². The van der Waals surface area contributed by atoms with Gasteiger partial charge in [-0.05, 0) is 63.0 Å². The van der Waals surface area contributed by atoms with Crippen molar-refractivity contribution in [1.29, 1.82) is 0 Å². The zero-order valence-corrected chi connectivity index (χ0v) is 16.3. The molecule has 0 aliphatic carbocycles. The Kier molecular flexibility index (Phi) is 5.04. The van der Waals surface area contributed by atoms with Crippen LogP contribution >= 0.6 is 34.7 Å². The zero-order valence-electron chi connectivity index (χ0n) is 13.9. The molecule has 3 saturated heterocycles. The number of nitrogens with zero attached hydrogens (tertiary/aromatic N) is 2. The third-order valence-corrected chi connectivity index (χ3v) is 7.62. The average Bonchev–Trinajstić information content (AvgIpc) is 3.09. The number of carbonyl (C=O) groups is 1. The van der Waals surface area contributed by atoms with E-state index in [1.54, 1.807) is 24.0 Å². The van der Waals surface area contributed by atoms with Gasteiger partial charge in [0.25, 0.3) is 5.91 Å². The molecule has 0 unspecified atom stereocenters. The number of pyridine rings is 1. The fourth-order valence-electron chi connectivity index (χ4n) is 3.80. The van der Waals surface area contributed by atoms with Crippen LogP contribution in [-0.2, 0) is 0 Å². The molecule has 2 aromatic heterocycles. The largest absolute Gasteiger partial charge is 0.347 e. The van der Waals surface area contributed by atoms with E-state index in [4.69, 9.17) is 11.6 Å². The van der Waals surface area contributed by atoms with Gasteiger partial charge in [0.2, 0.25) is 0 Å². The van der Waals surface area contributed by atoms with Gasteiger partial charge in [0, 0.05) is 23.2 Å². The van der Waals surface area contributed by atoms with Crippen LogP contribution in [0.5, 0.6) is 0 Å². The lowest BCUT2D eigenvalue weighted by Crippen LogP contribution is -2.62. The number of hydrogen-bond acceptors (Lipinski definition) is 5. The standard InChI is InChI=1S/C18H20ClN3OS2/c1-11-17(12-6-8-22(11)9-7-12)21-18(23)14-3-5-16(25-14)24-13-2-4-15(19)20-10-13/h2-5,10-12,17H,6-9H2,1H3,(H,21,23)/t11-,17-/m0/s1. The van der Waals surface area contributed by atoms with Crippen LogP contribution in [0.1, 0.15) is 29.4 Å². The lowest BCUT2D eigenvalue weighted by molar-refractivity contribution is 0.0218. The van der Waals surface area contributed by atoms with Crippen LogP contribution in [0.25, 0.3) is 0 Å². The molecule has 4 nitrogen and oxygen atoms in total. The van der Waals surface area contributed by atoms with Gasteiger partial charge >= 0.3 is 0 Å². The second kappa shape index (κ2) is 7.27. The molecule has 2 bridgehead atoms. The summed E-state index contributed by atoms with van der Waals surface area (Å²) in [7, 11) is 0. The lowest BCUT2D eigenvalue weighted by Gasteiger charge is -2.49. The van der Waals surface area contributed by atoms with Crippen molar-refractivity contribution in [2.75, 3.05) is 13.1 Å². The molecule has 1 N–H and O–H groups in total. The Balaban J connectivity index is 1.41. The first-order valence-corrected chi connectivity index (χ1v) is 10.6. The Hall–Kier alpha value is -1.08. The van der Waals surface area contributed by atoms with Gasteiger partial charge < -0.3 is 5.32 Å². The number of hydrogen-bond donors (Lipinski definition) is 1. The molecule has 0 spiro atoms. The highest BCUT2D eigenvalue weighted by atomic mass is 35.5. The minimum atomic E-state index is 0.0525. The van der Waals surface area contributed by atoms with Crippen LogP contribution in [0.2, 0.25) is 5.15 Å². The second-order valence-corrected chi connectivity index (χ2v) is 9.50. The number of nitrogens with one attached hydrogen (secondary N) is 1. The summed E-state index contributed by atoms with van der Waals surface area (Å²) < 4.78 is 1.08. The topological polar surface area (TPSA) is 45.2 Å². The number of rotatable bonds is 4. The van der Waals surface area contributed by atoms with Gasteiger partial charge in [-0.1, -0.05) is 23.4 Å². The molecular formula is C18H20ClN3OS2. The smallest absolute Gasteiger partial charge is 0.261 e. The van der Waals surface area contributed by atoms with Crippen LogP contribution in [0.3, 0.4) is 0 Å². The normalized spacial score (nSPS) is 28.1. The molecule has 25 heavy (non-hydrogen) atoms. The molecule has 5 heterocycles. The quantitative estimate of drug-likeness (QED) is 0.792. The number of amides is 1. The Morgan fingerprint density at radius 3 is 2.80 bits per heavy atom.